The molecule has 0 amide bonds. The summed E-state index contributed by atoms with van der Waals surface area (Å²) in [4.78, 5) is 0. The quantitative estimate of drug-likeness (QED) is 0.815. The molecule has 0 aliphatic heterocycles. The molecular weight excluding hydrogens is 218 g/mol. The van der Waals surface area contributed by atoms with E-state index in [-0.39, 0.29) is 0 Å². The highest BCUT2D eigenvalue weighted by atomic mass is 35.5. The van der Waals surface area contributed by atoms with Gasteiger partial charge >= 0.3 is 0 Å². The molecule has 2 heteroatoms. The number of aryl methyl sites for hydroxylation is 1. The van der Waals surface area contributed by atoms with Crippen LogP contribution in [0.25, 0.3) is 6.08 Å². The van der Waals surface area contributed by atoms with Gasteiger partial charge in [-0.25, -0.2) is 0 Å². The van der Waals surface area contributed by atoms with E-state index in [2.05, 4.69) is 44.3 Å². The van der Waals surface area contributed by atoms with Gasteiger partial charge in [-0.2, -0.15) is 0 Å². The lowest BCUT2D eigenvalue weighted by molar-refractivity contribution is 0.625. The van der Waals surface area contributed by atoms with Crippen LogP contribution in [0.2, 0.25) is 5.02 Å². The topological polar surface area (TPSA) is 12.0 Å². The van der Waals surface area contributed by atoms with Crippen molar-refractivity contribution in [2.75, 3.05) is 6.54 Å². The molecule has 1 atom stereocenters. The fourth-order valence-corrected chi connectivity index (χ4v) is 1.74. The standard InChI is InChI=1S/C14H20ClN/c1-4-9-16-12(3)5-6-13-7-8-14(15)10-11(13)2/h5-8,10,12,16H,4,9H2,1-3H3/b6-5+. The average Bonchev–Trinajstić information content (AvgIpc) is 2.25. The number of hydrogen-bond acceptors (Lipinski definition) is 1. The molecule has 0 bridgehead atoms. The van der Waals surface area contributed by atoms with Crippen molar-refractivity contribution in [3.63, 3.8) is 0 Å². The molecule has 0 aliphatic carbocycles. The van der Waals surface area contributed by atoms with Crippen molar-refractivity contribution in [3.05, 3.63) is 40.4 Å². The first kappa shape index (κ1) is 13.3. The molecule has 0 saturated carbocycles. The first-order chi connectivity index (χ1) is 7.63. The molecule has 1 rings (SSSR count). The Bertz CT molecular complexity index is 358. The van der Waals surface area contributed by atoms with E-state index >= 15 is 0 Å². The minimum absolute atomic E-state index is 0.412. The summed E-state index contributed by atoms with van der Waals surface area (Å²) in [5, 5.41) is 4.22. The van der Waals surface area contributed by atoms with Crippen LogP contribution < -0.4 is 5.32 Å². The van der Waals surface area contributed by atoms with Crippen LogP contribution in [-0.2, 0) is 0 Å². The number of halogens is 1. The van der Waals surface area contributed by atoms with Crippen molar-refractivity contribution < 1.29 is 0 Å². The zero-order chi connectivity index (χ0) is 12.0. The second-order valence-electron chi connectivity index (χ2n) is 4.10. The molecule has 0 saturated heterocycles. The van der Waals surface area contributed by atoms with Crippen LogP contribution in [0.4, 0.5) is 0 Å². The van der Waals surface area contributed by atoms with Gasteiger partial charge < -0.3 is 5.32 Å². The molecule has 1 unspecified atom stereocenters. The predicted octanol–water partition coefficient (Wildman–Crippen LogP) is 4.05. The predicted molar refractivity (Wildman–Crippen MR) is 73.0 cm³/mol. The number of benzene rings is 1. The molecule has 0 fully saturated rings. The van der Waals surface area contributed by atoms with E-state index in [1.165, 1.54) is 11.1 Å². The van der Waals surface area contributed by atoms with Crippen LogP contribution in [0.15, 0.2) is 24.3 Å². The maximum absolute atomic E-state index is 5.91. The Labute approximate surface area is 104 Å². The van der Waals surface area contributed by atoms with E-state index in [0.717, 1.165) is 18.0 Å². The van der Waals surface area contributed by atoms with Gasteiger partial charge in [0, 0.05) is 11.1 Å². The van der Waals surface area contributed by atoms with Gasteiger partial charge in [0.05, 0.1) is 0 Å². The maximum Gasteiger partial charge on any atom is 0.0409 e. The molecule has 16 heavy (non-hydrogen) atoms. The SMILES string of the molecule is CCCNC(C)/C=C/c1ccc(Cl)cc1C. The van der Waals surface area contributed by atoms with Crippen molar-refractivity contribution in [1.82, 2.24) is 5.32 Å². The van der Waals surface area contributed by atoms with E-state index in [1.807, 2.05) is 12.1 Å². The van der Waals surface area contributed by atoms with Crippen molar-refractivity contribution in [2.45, 2.75) is 33.2 Å². The van der Waals surface area contributed by atoms with Gasteiger partial charge in [-0.05, 0) is 50.1 Å². The fourth-order valence-electron chi connectivity index (χ4n) is 1.51. The Morgan fingerprint density at radius 1 is 1.44 bits per heavy atom. The Balaban J connectivity index is 2.61. The zero-order valence-corrected chi connectivity index (χ0v) is 11.0. The average molecular weight is 238 g/mol. The van der Waals surface area contributed by atoms with E-state index < -0.39 is 0 Å². The second-order valence-corrected chi connectivity index (χ2v) is 4.54. The maximum atomic E-state index is 5.91. The molecule has 0 aliphatic rings. The van der Waals surface area contributed by atoms with Crippen LogP contribution in [0.5, 0.6) is 0 Å². The molecule has 1 aromatic rings. The number of hydrogen-bond donors (Lipinski definition) is 1. The van der Waals surface area contributed by atoms with Crippen molar-refractivity contribution >= 4 is 17.7 Å². The number of nitrogens with one attached hydrogen (secondary N) is 1. The van der Waals surface area contributed by atoms with Gasteiger partial charge in [-0.15, -0.1) is 0 Å². The van der Waals surface area contributed by atoms with Crippen LogP contribution in [0, 0.1) is 6.92 Å². The highest BCUT2D eigenvalue weighted by molar-refractivity contribution is 6.30. The van der Waals surface area contributed by atoms with Crippen LogP contribution >= 0.6 is 11.6 Å². The summed E-state index contributed by atoms with van der Waals surface area (Å²) in [5.41, 5.74) is 2.45. The van der Waals surface area contributed by atoms with Gasteiger partial charge in [0.15, 0.2) is 0 Å². The van der Waals surface area contributed by atoms with Gasteiger partial charge in [-0.3, -0.25) is 0 Å². The van der Waals surface area contributed by atoms with Gasteiger partial charge in [0.25, 0.3) is 0 Å². The summed E-state index contributed by atoms with van der Waals surface area (Å²) in [7, 11) is 0. The first-order valence-corrected chi connectivity index (χ1v) is 6.19. The highest BCUT2D eigenvalue weighted by Gasteiger charge is 1.97. The Kier molecular flexibility index (Phi) is 5.58. The summed E-state index contributed by atoms with van der Waals surface area (Å²) in [6, 6.07) is 6.39. The van der Waals surface area contributed by atoms with Crippen molar-refractivity contribution in [3.8, 4) is 0 Å². The second kappa shape index (κ2) is 6.72. The monoisotopic (exact) mass is 237 g/mol. The van der Waals surface area contributed by atoms with Crippen LogP contribution in [-0.4, -0.2) is 12.6 Å². The lowest BCUT2D eigenvalue weighted by Gasteiger charge is -2.08. The Morgan fingerprint density at radius 3 is 2.81 bits per heavy atom. The summed E-state index contributed by atoms with van der Waals surface area (Å²) in [6.07, 6.45) is 5.50. The van der Waals surface area contributed by atoms with E-state index in [1.54, 1.807) is 0 Å². The lowest BCUT2D eigenvalue weighted by Crippen LogP contribution is -2.24. The Morgan fingerprint density at radius 2 is 2.19 bits per heavy atom. The van der Waals surface area contributed by atoms with Crippen molar-refractivity contribution in [1.29, 1.82) is 0 Å². The molecule has 1 nitrogen and oxygen atoms in total. The zero-order valence-electron chi connectivity index (χ0n) is 10.3. The molecule has 0 aromatic heterocycles. The summed E-state index contributed by atoms with van der Waals surface area (Å²) < 4.78 is 0. The third-order valence-corrected chi connectivity index (χ3v) is 2.75. The van der Waals surface area contributed by atoms with Gasteiger partial charge in [0.2, 0.25) is 0 Å². The minimum atomic E-state index is 0.412. The third kappa shape index (κ3) is 4.38. The first-order valence-electron chi connectivity index (χ1n) is 5.81. The van der Waals surface area contributed by atoms with E-state index in [9.17, 15) is 0 Å². The summed E-state index contributed by atoms with van der Waals surface area (Å²) in [5.74, 6) is 0. The highest BCUT2D eigenvalue weighted by Crippen LogP contribution is 2.16. The van der Waals surface area contributed by atoms with Crippen LogP contribution in [0.1, 0.15) is 31.4 Å². The molecule has 1 N–H and O–H groups in total. The van der Waals surface area contributed by atoms with Crippen LogP contribution in [0.3, 0.4) is 0 Å². The minimum Gasteiger partial charge on any atom is -0.311 e. The molecular formula is C14H20ClN. The molecule has 0 radical (unpaired) electrons. The largest absolute Gasteiger partial charge is 0.311 e. The Hall–Kier alpha value is -0.790. The lowest BCUT2D eigenvalue weighted by atomic mass is 10.1. The fraction of sp³-hybridized carbons (Fsp3) is 0.429. The molecule has 88 valence electrons. The third-order valence-electron chi connectivity index (χ3n) is 2.51. The normalized spacial score (nSPS) is 13.2. The number of rotatable bonds is 5. The molecule has 1 aromatic carbocycles. The van der Waals surface area contributed by atoms with E-state index in [4.69, 9.17) is 11.6 Å². The summed E-state index contributed by atoms with van der Waals surface area (Å²) in [6.45, 7) is 7.48. The molecule has 0 heterocycles. The molecule has 0 spiro atoms. The van der Waals surface area contributed by atoms with Gasteiger partial charge in [0.1, 0.15) is 0 Å². The summed E-state index contributed by atoms with van der Waals surface area (Å²) >= 11 is 5.91. The van der Waals surface area contributed by atoms with Gasteiger partial charge in [-0.1, -0.05) is 36.7 Å². The smallest absolute Gasteiger partial charge is 0.0409 e. The van der Waals surface area contributed by atoms with E-state index in [0.29, 0.717) is 6.04 Å². The van der Waals surface area contributed by atoms with Crippen molar-refractivity contribution in [2.24, 2.45) is 0 Å².